The molecule has 1 saturated carbocycles. The van der Waals surface area contributed by atoms with Crippen LogP contribution in [-0.2, 0) is 33.6 Å². The highest BCUT2D eigenvalue weighted by atomic mass is 32.2. The summed E-state index contributed by atoms with van der Waals surface area (Å²) in [4.78, 5) is 60.6. The maximum atomic E-state index is 14.4. The molecule has 2 aliphatic heterocycles. The van der Waals surface area contributed by atoms with Crippen molar-refractivity contribution in [1.82, 2.24) is 25.2 Å². The zero-order chi connectivity index (χ0) is 38.6. The minimum absolute atomic E-state index is 0.00174. The lowest BCUT2D eigenvalue weighted by atomic mass is 10.0. The summed E-state index contributed by atoms with van der Waals surface area (Å²) >= 11 is 0. The molecule has 290 valence electrons. The minimum atomic E-state index is -4.95. The highest BCUT2D eigenvalue weighted by Crippen LogP contribution is 2.46. The lowest BCUT2D eigenvalue weighted by molar-refractivity contribution is -0.141. The van der Waals surface area contributed by atoms with E-state index in [9.17, 15) is 36.4 Å². The van der Waals surface area contributed by atoms with Gasteiger partial charge in [-0.1, -0.05) is 25.0 Å². The van der Waals surface area contributed by atoms with E-state index in [2.05, 4.69) is 19.8 Å². The van der Waals surface area contributed by atoms with Crippen molar-refractivity contribution in [3.05, 3.63) is 42.6 Å². The van der Waals surface area contributed by atoms with Crippen molar-refractivity contribution in [1.29, 1.82) is 0 Å². The van der Waals surface area contributed by atoms with Crippen LogP contribution in [0.3, 0.4) is 0 Å². The SMILES string of the molecule is COc1ccc2c(O[C@@H]3C[C@H]4C(=O)N[C@]5(C(=O)NS(=O)(=O)OCC(F)F)C[C@H]5/C=C\CCCCC[C@H](NC(=O)OC(C)(C)C)C(=O)N4C3)nccc2c1. The molecule has 2 aromatic rings. The number of benzene rings is 1. The number of hydrogen-bond acceptors (Lipinski definition) is 11. The Morgan fingerprint density at radius 3 is 2.64 bits per heavy atom. The van der Waals surface area contributed by atoms with Gasteiger partial charge in [-0.05, 0) is 76.1 Å². The molecule has 18 heteroatoms. The minimum Gasteiger partial charge on any atom is -0.497 e. The first-order chi connectivity index (χ1) is 25.0. The molecule has 5 rings (SSSR count). The van der Waals surface area contributed by atoms with Gasteiger partial charge in [0.15, 0.2) is 0 Å². The Kier molecular flexibility index (Phi) is 12.1. The van der Waals surface area contributed by atoms with Crippen molar-refractivity contribution < 1.29 is 54.8 Å². The van der Waals surface area contributed by atoms with Gasteiger partial charge in [-0.15, -0.1) is 0 Å². The van der Waals surface area contributed by atoms with Crippen LogP contribution in [0.15, 0.2) is 42.6 Å². The number of methoxy groups -OCH3 is 1. The van der Waals surface area contributed by atoms with Crippen LogP contribution < -0.4 is 24.8 Å². The number of rotatable bonds is 9. The van der Waals surface area contributed by atoms with Crippen molar-refractivity contribution in [3.8, 4) is 11.6 Å². The third kappa shape index (κ3) is 10.1. The number of aromatic nitrogens is 1. The largest absolute Gasteiger partial charge is 0.497 e. The Bertz CT molecular complexity index is 1840. The first-order valence-corrected chi connectivity index (χ1v) is 18.8. The van der Waals surface area contributed by atoms with E-state index in [1.54, 1.807) is 69.1 Å². The number of allylic oxidation sites excluding steroid dienone is 1. The van der Waals surface area contributed by atoms with E-state index in [0.29, 0.717) is 36.8 Å². The molecule has 3 aliphatic rings. The van der Waals surface area contributed by atoms with Crippen molar-refractivity contribution >= 4 is 44.9 Å². The van der Waals surface area contributed by atoms with Crippen LogP contribution in [0.4, 0.5) is 13.6 Å². The first-order valence-electron chi connectivity index (χ1n) is 17.4. The third-order valence-corrected chi connectivity index (χ3v) is 10.00. The average molecular weight is 766 g/mol. The molecule has 0 unspecified atom stereocenters. The average Bonchev–Trinajstić information content (AvgIpc) is 3.61. The topological polar surface area (TPSA) is 192 Å². The summed E-state index contributed by atoms with van der Waals surface area (Å²) in [6.45, 7) is 3.49. The van der Waals surface area contributed by atoms with Gasteiger partial charge < -0.3 is 29.7 Å². The number of carbonyl (C=O) groups excluding carboxylic acids is 4. The van der Waals surface area contributed by atoms with Gasteiger partial charge in [0.25, 0.3) is 12.3 Å². The molecule has 15 nitrogen and oxygen atoms in total. The quantitative estimate of drug-likeness (QED) is 0.317. The number of halogens is 2. The lowest BCUT2D eigenvalue weighted by Crippen LogP contribution is -2.58. The molecule has 5 atom stereocenters. The molecule has 1 aliphatic carbocycles. The van der Waals surface area contributed by atoms with E-state index in [1.807, 2.05) is 6.08 Å². The Hall–Kier alpha value is -4.58. The van der Waals surface area contributed by atoms with Crippen LogP contribution in [0.25, 0.3) is 10.8 Å². The van der Waals surface area contributed by atoms with Gasteiger partial charge in [-0.2, -0.15) is 8.42 Å². The maximum Gasteiger partial charge on any atom is 0.408 e. The zero-order valence-corrected chi connectivity index (χ0v) is 30.7. The molecule has 1 saturated heterocycles. The number of amides is 4. The molecule has 0 bridgehead atoms. The number of nitrogens with zero attached hydrogens (tertiary/aromatic N) is 2. The van der Waals surface area contributed by atoms with Gasteiger partial charge >= 0.3 is 16.4 Å². The van der Waals surface area contributed by atoms with E-state index in [4.69, 9.17) is 14.2 Å². The normalized spacial score (nSPS) is 26.0. The molecule has 0 radical (unpaired) electrons. The van der Waals surface area contributed by atoms with Gasteiger partial charge in [-0.3, -0.25) is 14.4 Å². The molecule has 0 spiro atoms. The molecule has 4 amide bonds. The summed E-state index contributed by atoms with van der Waals surface area (Å²) in [7, 11) is -3.41. The van der Waals surface area contributed by atoms with Gasteiger partial charge in [0.05, 0.1) is 13.7 Å². The van der Waals surface area contributed by atoms with Gasteiger partial charge in [-0.25, -0.2) is 27.5 Å². The number of hydrogen-bond donors (Lipinski definition) is 3. The fraction of sp³-hybridized carbons (Fsp3) is 0.571. The van der Waals surface area contributed by atoms with Crippen LogP contribution >= 0.6 is 0 Å². The monoisotopic (exact) mass is 765 g/mol. The fourth-order valence-electron chi connectivity index (χ4n) is 6.50. The van der Waals surface area contributed by atoms with Gasteiger partial charge in [0.1, 0.15) is 41.7 Å². The van der Waals surface area contributed by atoms with Gasteiger partial charge in [0.2, 0.25) is 17.7 Å². The number of alkyl carbamates (subject to hydrolysis) is 1. The highest BCUT2D eigenvalue weighted by molar-refractivity contribution is 7.85. The molecule has 2 fully saturated rings. The number of pyridine rings is 1. The summed E-state index contributed by atoms with van der Waals surface area (Å²) in [5.74, 6) is -2.33. The highest BCUT2D eigenvalue weighted by Gasteiger charge is 2.62. The van der Waals surface area contributed by atoms with E-state index >= 15 is 0 Å². The van der Waals surface area contributed by atoms with Crippen LogP contribution in [0, 0.1) is 5.92 Å². The summed E-state index contributed by atoms with van der Waals surface area (Å²) < 4.78 is 73.1. The van der Waals surface area contributed by atoms with Gasteiger partial charge in [0, 0.05) is 23.9 Å². The van der Waals surface area contributed by atoms with Crippen LogP contribution in [-0.4, -0.2) is 98.1 Å². The molecular weight excluding hydrogens is 720 g/mol. The van der Waals surface area contributed by atoms with E-state index in [1.165, 1.54) is 4.90 Å². The predicted molar refractivity (Wildman–Crippen MR) is 186 cm³/mol. The fourth-order valence-corrected chi connectivity index (χ4v) is 7.25. The predicted octanol–water partition coefficient (Wildman–Crippen LogP) is 3.52. The maximum absolute atomic E-state index is 14.4. The molecule has 1 aromatic carbocycles. The molecule has 3 heterocycles. The Balaban J connectivity index is 1.46. The lowest BCUT2D eigenvalue weighted by Gasteiger charge is -2.30. The van der Waals surface area contributed by atoms with Crippen LogP contribution in [0.1, 0.15) is 65.7 Å². The van der Waals surface area contributed by atoms with Crippen molar-refractivity contribution in [2.45, 2.75) is 101 Å². The van der Waals surface area contributed by atoms with Crippen molar-refractivity contribution in [2.24, 2.45) is 5.92 Å². The molecule has 53 heavy (non-hydrogen) atoms. The van der Waals surface area contributed by atoms with Crippen LogP contribution in [0.5, 0.6) is 11.6 Å². The Labute approximate surface area is 306 Å². The number of ether oxygens (including phenoxy) is 3. The smallest absolute Gasteiger partial charge is 0.408 e. The Morgan fingerprint density at radius 2 is 1.92 bits per heavy atom. The van der Waals surface area contributed by atoms with E-state index in [0.717, 1.165) is 5.39 Å². The standard InChI is InChI=1S/C35H45F2N5O10S/c1-34(2,3)52-33(46)39-26-11-9-7-5-6-8-10-22-18-35(22,32(45)41-53(47,48)50-20-28(36)37)40-29(43)27-17-24(19-42(27)31(26)44)51-30-25-13-12-23(49-4)16-21(25)14-15-38-30/h8,10,12-16,22,24,26-28H,5-7,9,11,17-20H2,1-4H3,(H,39,46)(H,40,43)(H,41,45)/b10-8-/t22-,24-,26+,27+,35-/m1/s1. The van der Waals surface area contributed by atoms with E-state index < -0.39 is 82.4 Å². The number of alkyl halides is 2. The van der Waals surface area contributed by atoms with Crippen molar-refractivity contribution in [3.63, 3.8) is 0 Å². The summed E-state index contributed by atoms with van der Waals surface area (Å²) in [5, 5.41) is 6.76. The number of nitrogens with one attached hydrogen (secondary N) is 3. The van der Waals surface area contributed by atoms with E-state index in [-0.39, 0.29) is 31.7 Å². The zero-order valence-electron chi connectivity index (χ0n) is 29.9. The Morgan fingerprint density at radius 1 is 1.15 bits per heavy atom. The van der Waals surface area contributed by atoms with Crippen LogP contribution in [0.2, 0.25) is 0 Å². The first kappa shape index (κ1) is 39.6. The molecule has 3 N–H and O–H groups in total. The third-order valence-electron chi connectivity index (χ3n) is 9.12. The summed E-state index contributed by atoms with van der Waals surface area (Å²) in [6.07, 6.45) is 3.06. The molecule has 1 aromatic heterocycles. The number of fused-ring (bicyclic) bond motifs is 3. The molecular formula is C35H45F2N5O10S. The second-order valence-corrected chi connectivity index (χ2v) is 15.6. The van der Waals surface area contributed by atoms with Crippen molar-refractivity contribution in [2.75, 3.05) is 20.3 Å². The second kappa shape index (κ2) is 16.2. The second-order valence-electron chi connectivity index (χ2n) is 14.3. The summed E-state index contributed by atoms with van der Waals surface area (Å²) in [6, 6.07) is 4.77. The summed E-state index contributed by atoms with van der Waals surface area (Å²) in [5.41, 5.74) is -2.63. The number of carbonyl (C=O) groups is 4.